The number of rotatable bonds is 7. The first-order valence-electron chi connectivity index (χ1n) is 9.53. The summed E-state index contributed by atoms with van der Waals surface area (Å²) in [6.07, 6.45) is 1.74. The Labute approximate surface area is 174 Å². The van der Waals surface area contributed by atoms with Crippen LogP contribution in [0.3, 0.4) is 0 Å². The van der Waals surface area contributed by atoms with Gasteiger partial charge >= 0.3 is 0 Å². The van der Waals surface area contributed by atoms with Gasteiger partial charge in [-0.05, 0) is 48.0 Å². The minimum Gasteiger partial charge on any atom is -0.497 e. The molecule has 4 rings (SSSR count). The van der Waals surface area contributed by atoms with E-state index in [2.05, 4.69) is 15.3 Å². The second-order valence-corrected chi connectivity index (χ2v) is 6.72. The molecule has 0 aliphatic heterocycles. The lowest BCUT2D eigenvalue weighted by atomic mass is 10.2. The van der Waals surface area contributed by atoms with E-state index in [0.29, 0.717) is 17.9 Å². The van der Waals surface area contributed by atoms with Gasteiger partial charge in [-0.3, -0.25) is 4.79 Å². The van der Waals surface area contributed by atoms with E-state index >= 15 is 0 Å². The summed E-state index contributed by atoms with van der Waals surface area (Å²) in [5, 5.41) is 2.95. The number of carbonyl (C=O) groups excluding carboxylic acids is 1. The summed E-state index contributed by atoms with van der Waals surface area (Å²) in [4.78, 5) is 21.8. The Bertz CT molecular complexity index is 1170. The van der Waals surface area contributed by atoms with Crippen LogP contribution < -0.4 is 14.8 Å². The Morgan fingerprint density at radius 3 is 2.57 bits per heavy atom. The quantitative estimate of drug-likeness (QED) is 0.512. The van der Waals surface area contributed by atoms with Crippen LogP contribution >= 0.6 is 0 Å². The zero-order valence-electron chi connectivity index (χ0n) is 16.8. The molecule has 2 aromatic heterocycles. The molecule has 4 aromatic rings. The number of aromatic nitrogens is 3. The van der Waals surface area contributed by atoms with Crippen molar-refractivity contribution in [2.75, 3.05) is 14.2 Å². The Morgan fingerprint density at radius 1 is 1.00 bits per heavy atom. The highest BCUT2D eigenvalue weighted by Crippen LogP contribution is 2.18. The van der Waals surface area contributed by atoms with Gasteiger partial charge in [0.1, 0.15) is 22.8 Å². The monoisotopic (exact) mass is 402 g/mol. The van der Waals surface area contributed by atoms with E-state index in [4.69, 9.17) is 9.47 Å². The third-order valence-electron chi connectivity index (χ3n) is 4.82. The lowest BCUT2D eigenvalue weighted by Crippen LogP contribution is -2.25. The van der Waals surface area contributed by atoms with E-state index < -0.39 is 0 Å². The van der Waals surface area contributed by atoms with Crippen LogP contribution in [0.25, 0.3) is 11.2 Å². The van der Waals surface area contributed by atoms with Crippen LogP contribution in [0.1, 0.15) is 21.7 Å². The molecule has 0 atom stereocenters. The molecule has 0 unspecified atom stereocenters. The molecule has 1 amide bonds. The Kier molecular flexibility index (Phi) is 5.61. The maximum absolute atomic E-state index is 12.6. The number of hydrogen-bond acceptors (Lipinski definition) is 5. The molecular weight excluding hydrogens is 380 g/mol. The standard InChI is InChI=1S/C23H22N4O3/c1-29-18-10-8-16(9-11-18)15-27-21(26-20-7-4-12-24-22(20)27)14-25-23(28)17-5-3-6-19(13-17)30-2/h3-13H,14-15H2,1-2H3,(H,25,28). The normalized spacial score (nSPS) is 10.7. The lowest BCUT2D eigenvalue weighted by Gasteiger charge is -2.11. The Balaban J connectivity index is 1.58. The van der Waals surface area contributed by atoms with E-state index in [-0.39, 0.29) is 12.5 Å². The van der Waals surface area contributed by atoms with Crippen molar-refractivity contribution in [3.8, 4) is 11.5 Å². The SMILES string of the molecule is COc1ccc(Cn2c(CNC(=O)c3cccc(OC)c3)nc3cccnc32)cc1. The van der Waals surface area contributed by atoms with Crippen LogP contribution in [0.2, 0.25) is 0 Å². The molecule has 2 aromatic carbocycles. The number of carbonyl (C=O) groups is 1. The molecule has 0 aliphatic rings. The van der Waals surface area contributed by atoms with Gasteiger partial charge in [-0.1, -0.05) is 18.2 Å². The van der Waals surface area contributed by atoms with Gasteiger partial charge in [-0.25, -0.2) is 9.97 Å². The predicted octanol–water partition coefficient (Wildman–Crippen LogP) is 3.43. The lowest BCUT2D eigenvalue weighted by molar-refractivity contribution is 0.0949. The van der Waals surface area contributed by atoms with Crippen LogP contribution in [0.5, 0.6) is 11.5 Å². The molecule has 0 saturated heterocycles. The minimum absolute atomic E-state index is 0.190. The smallest absolute Gasteiger partial charge is 0.251 e. The molecular formula is C23H22N4O3. The van der Waals surface area contributed by atoms with Gasteiger partial charge in [0, 0.05) is 11.8 Å². The molecule has 0 bridgehead atoms. The van der Waals surface area contributed by atoms with E-state index in [9.17, 15) is 4.79 Å². The van der Waals surface area contributed by atoms with Crippen molar-refractivity contribution in [2.24, 2.45) is 0 Å². The van der Waals surface area contributed by atoms with Gasteiger partial charge in [0.25, 0.3) is 5.91 Å². The summed E-state index contributed by atoms with van der Waals surface area (Å²) in [5.41, 5.74) is 3.18. The highest BCUT2D eigenvalue weighted by Gasteiger charge is 2.14. The second-order valence-electron chi connectivity index (χ2n) is 6.72. The third kappa shape index (κ3) is 4.10. The van der Waals surface area contributed by atoms with Crippen molar-refractivity contribution in [1.82, 2.24) is 19.9 Å². The summed E-state index contributed by atoms with van der Waals surface area (Å²) in [6, 6.07) is 18.7. The van der Waals surface area contributed by atoms with E-state index in [1.54, 1.807) is 44.7 Å². The van der Waals surface area contributed by atoms with Crippen LogP contribution in [-0.2, 0) is 13.1 Å². The van der Waals surface area contributed by atoms with Gasteiger partial charge in [-0.2, -0.15) is 0 Å². The Morgan fingerprint density at radius 2 is 1.80 bits per heavy atom. The van der Waals surface area contributed by atoms with Crippen molar-refractivity contribution in [3.05, 3.63) is 83.8 Å². The molecule has 0 saturated carbocycles. The second kappa shape index (κ2) is 8.65. The predicted molar refractivity (Wildman–Crippen MR) is 114 cm³/mol. The maximum atomic E-state index is 12.6. The summed E-state index contributed by atoms with van der Waals surface area (Å²) in [6.45, 7) is 0.866. The van der Waals surface area contributed by atoms with E-state index in [1.165, 1.54) is 0 Å². The first-order valence-corrected chi connectivity index (χ1v) is 9.53. The number of ether oxygens (including phenoxy) is 2. The number of amides is 1. The molecule has 0 spiro atoms. The first-order chi connectivity index (χ1) is 14.7. The molecule has 0 aliphatic carbocycles. The summed E-state index contributed by atoms with van der Waals surface area (Å²) >= 11 is 0. The average Bonchev–Trinajstić information content (AvgIpc) is 3.15. The highest BCUT2D eigenvalue weighted by molar-refractivity contribution is 5.94. The fourth-order valence-corrected chi connectivity index (χ4v) is 3.25. The number of methoxy groups -OCH3 is 2. The number of fused-ring (bicyclic) bond motifs is 1. The highest BCUT2D eigenvalue weighted by atomic mass is 16.5. The number of hydrogen-bond donors (Lipinski definition) is 1. The number of pyridine rings is 1. The molecule has 0 fully saturated rings. The zero-order valence-corrected chi connectivity index (χ0v) is 16.8. The van der Waals surface area contributed by atoms with Gasteiger partial charge in [-0.15, -0.1) is 0 Å². The van der Waals surface area contributed by atoms with Crippen molar-refractivity contribution >= 4 is 17.1 Å². The molecule has 0 radical (unpaired) electrons. The van der Waals surface area contributed by atoms with Crippen molar-refractivity contribution < 1.29 is 14.3 Å². The van der Waals surface area contributed by atoms with Gasteiger partial charge in [0.05, 0.1) is 27.3 Å². The largest absolute Gasteiger partial charge is 0.497 e. The van der Waals surface area contributed by atoms with Gasteiger partial charge in [0.15, 0.2) is 5.65 Å². The van der Waals surface area contributed by atoms with Crippen LogP contribution in [0.15, 0.2) is 66.9 Å². The topological polar surface area (TPSA) is 78.3 Å². The van der Waals surface area contributed by atoms with Gasteiger partial charge < -0.3 is 19.4 Å². The van der Waals surface area contributed by atoms with Crippen molar-refractivity contribution in [3.63, 3.8) is 0 Å². The summed E-state index contributed by atoms with van der Waals surface area (Å²) in [5.74, 6) is 1.98. The number of benzene rings is 2. The van der Waals surface area contributed by atoms with E-state index in [0.717, 1.165) is 28.3 Å². The summed E-state index contributed by atoms with van der Waals surface area (Å²) < 4.78 is 12.4. The number of imidazole rings is 1. The average molecular weight is 402 g/mol. The third-order valence-corrected chi connectivity index (χ3v) is 4.82. The Hall–Kier alpha value is -3.87. The molecule has 7 heteroatoms. The molecule has 30 heavy (non-hydrogen) atoms. The maximum Gasteiger partial charge on any atom is 0.251 e. The van der Waals surface area contributed by atoms with Crippen LogP contribution in [0, 0.1) is 0 Å². The molecule has 2 heterocycles. The molecule has 7 nitrogen and oxygen atoms in total. The summed E-state index contributed by atoms with van der Waals surface area (Å²) in [7, 11) is 3.22. The van der Waals surface area contributed by atoms with E-state index in [1.807, 2.05) is 41.0 Å². The van der Waals surface area contributed by atoms with Crippen molar-refractivity contribution in [1.29, 1.82) is 0 Å². The van der Waals surface area contributed by atoms with Gasteiger partial charge in [0.2, 0.25) is 0 Å². The number of nitrogens with zero attached hydrogens (tertiary/aromatic N) is 3. The zero-order chi connectivity index (χ0) is 20.9. The van der Waals surface area contributed by atoms with Crippen LogP contribution in [0.4, 0.5) is 0 Å². The fraction of sp³-hybridized carbons (Fsp3) is 0.174. The fourth-order valence-electron chi connectivity index (χ4n) is 3.25. The molecule has 1 N–H and O–H groups in total. The first kappa shape index (κ1) is 19.4. The van der Waals surface area contributed by atoms with Crippen LogP contribution in [-0.4, -0.2) is 34.7 Å². The minimum atomic E-state index is -0.190. The molecule has 152 valence electrons. The van der Waals surface area contributed by atoms with Crippen molar-refractivity contribution in [2.45, 2.75) is 13.1 Å². The number of nitrogens with one attached hydrogen (secondary N) is 1.